The van der Waals surface area contributed by atoms with Crippen LogP contribution in [0.4, 0.5) is 0 Å². The van der Waals surface area contributed by atoms with Crippen LogP contribution in [0.3, 0.4) is 0 Å². The number of hydrogen-bond donors (Lipinski definition) is 0. The van der Waals surface area contributed by atoms with Gasteiger partial charge in [-0.1, -0.05) is 0 Å². The van der Waals surface area contributed by atoms with Crippen LogP contribution in [-0.2, 0) is 15.0 Å². The first-order chi connectivity index (χ1) is 6.45. The van der Waals surface area contributed by atoms with Gasteiger partial charge in [0.05, 0.1) is 0 Å². The third-order valence-corrected chi connectivity index (χ3v) is 5.24. The zero-order valence-corrected chi connectivity index (χ0v) is 10.7. The van der Waals surface area contributed by atoms with Crippen LogP contribution >= 0.6 is 12.4 Å². The van der Waals surface area contributed by atoms with E-state index >= 15 is 0 Å². The van der Waals surface area contributed by atoms with Crippen molar-refractivity contribution in [3.05, 3.63) is 0 Å². The fourth-order valence-corrected chi connectivity index (χ4v) is 4.47. The van der Waals surface area contributed by atoms with Crippen molar-refractivity contribution in [2.45, 2.75) is 73.8 Å². The zero-order chi connectivity index (χ0) is 8.93. The topological polar surface area (TPSA) is 0 Å². The van der Waals surface area contributed by atoms with Crippen LogP contribution in [0, 0.1) is 0 Å². The van der Waals surface area contributed by atoms with E-state index in [4.69, 9.17) is 0 Å². The summed E-state index contributed by atoms with van der Waals surface area (Å²) in [6.45, 7) is 0. The van der Waals surface area contributed by atoms with Crippen LogP contribution in [0.5, 0.6) is 0 Å². The molecule has 15 heavy (non-hydrogen) atoms. The fourth-order valence-electron chi connectivity index (χ4n) is 2.45. The molecule has 93 valence electrons. The quantitative estimate of drug-likeness (QED) is 0.673. The van der Waals surface area contributed by atoms with Gasteiger partial charge in [-0.05, 0) is 0 Å². The molecule has 0 aromatic carbocycles. The summed E-state index contributed by atoms with van der Waals surface area (Å²) in [7, 11) is 0. The van der Waals surface area contributed by atoms with Crippen LogP contribution in [0.25, 0.3) is 0 Å². The first-order valence-electron chi connectivity index (χ1n) is 5.98. The molecule has 0 spiro atoms. The van der Waals surface area contributed by atoms with Gasteiger partial charge in [-0.2, -0.15) is 0 Å². The molecular weight excluding hydrogens is 267 g/mol. The molecular formula is C12H25ClCuMg. The number of hydrogen-bond acceptors (Lipinski definition) is 0. The summed E-state index contributed by atoms with van der Waals surface area (Å²) in [5.41, 5.74) is 0. The van der Waals surface area contributed by atoms with E-state index in [0.717, 1.165) is 9.63 Å². The summed E-state index contributed by atoms with van der Waals surface area (Å²) < 4.78 is 0. The minimum Gasteiger partial charge on any atom is -0.147 e. The Labute approximate surface area is 123 Å². The molecule has 2 fully saturated rings. The summed E-state index contributed by atoms with van der Waals surface area (Å²) in [5.74, 6) is 0. The predicted molar refractivity (Wildman–Crippen MR) is 69.5 cm³/mol. The van der Waals surface area contributed by atoms with Gasteiger partial charge in [0, 0.05) is 0 Å². The Hall–Kier alpha value is 1.58. The first kappa shape index (κ1) is 16.6. The van der Waals surface area contributed by atoms with Gasteiger partial charge in [0.1, 0.15) is 0 Å². The van der Waals surface area contributed by atoms with Gasteiger partial charge in [0.2, 0.25) is 0 Å². The molecule has 2 saturated carbocycles. The maximum absolute atomic E-state index is 2.44. The third-order valence-electron chi connectivity index (χ3n) is 3.27. The second-order valence-corrected chi connectivity index (χ2v) is 6.30. The van der Waals surface area contributed by atoms with Crippen molar-refractivity contribution >= 4 is 35.5 Å². The molecule has 0 aromatic rings. The molecule has 0 saturated heterocycles. The Bertz CT molecular complexity index is 127. The molecule has 0 atom stereocenters. The zero-order valence-electron chi connectivity index (χ0n) is 8.94. The molecule has 0 unspecified atom stereocenters. The summed E-state index contributed by atoms with van der Waals surface area (Å²) >= 11 is 2.44. The third kappa shape index (κ3) is 6.17. The molecule has 0 aliphatic heterocycles. The van der Waals surface area contributed by atoms with Crippen LogP contribution in [0.1, 0.15) is 64.2 Å². The summed E-state index contributed by atoms with van der Waals surface area (Å²) in [6.07, 6.45) is 15.0. The maximum atomic E-state index is 2.44. The monoisotopic (exact) mass is 291 g/mol. The minimum absolute atomic E-state index is 0. The van der Waals surface area contributed by atoms with Crippen molar-refractivity contribution in [1.29, 1.82) is 0 Å². The molecule has 2 rings (SSSR count). The molecule has 0 heterocycles. The number of rotatable bonds is 2. The fraction of sp³-hybridized carbons (Fsp3) is 1.00. The van der Waals surface area contributed by atoms with E-state index in [1.54, 1.807) is 0 Å². The van der Waals surface area contributed by atoms with Crippen LogP contribution in [-0.4, -0.2) is 23.1 Å². The van der Waals surface area contributed by atoms with Gasteiger partial charge in [-0.25, -0.2) is 0 Å². The van der Waals surface area contributed by atoms with E-state index < -0.39 is 0 Å². The molecule has 0 aromatic heterocycles. The summed E-state index contributed by atoms with van der Waals surface area (Å²) in [5, 5.41) is 0. The second-order valence-electron chi connectivity index (χ2n) is 4.45. The maximum Gasteiger partial charge on any atom is 0.316 e. The first-order valence-corrected chi connectivity index (χ1v) is 7.07. The van der Waals surface area contributed by atoms with Gasteiger partial charge in [-0.3, -0.25) is 0 Å². The van der Waals surface area contributed by atoms with Crippen LogP contribution < -0.4 is 0 Å². The smallest absolute Gasteiger partial charge is 0.147 e. The van der Waals surface area contributed by atoms with Crippen molar-refractivity contribution in [3.63, 3.8) is 0 Å². The molecule has 3 heteroatoms. The van der Waals surface area contributed by atoms with Crippen molar-refractivity contribution in [2.24, 2.45) is 0 Å². The number of halogens is 1. The Balaban J connectivity index is 0.000000980. The van der Waals surface area contributed by atoms with Crippen molar-refractivity contribution in [2.75, 3.05) is 0 Å². The van der Waals surface area contributed by atoms with Crippen molar-refractivity contribution < 1.29 is 15.0 Å². The van der Waals surface area contributed by atoms with Gasteiger partial charge >= 0.3 is 112 Å². The van der Waals surface area contributed by atoms with Crippen LogP contribution in [0.15, 0.2) is 0 Å². The molecule has 2 aliphatic rings. The molecule has 0 radical (unpaired) electrons. The minimum atomic E-state index is 0. The average Bonchev–Trinajstić information content (AvgIpc) is 2.21. The molecule has 0 N–H and O–H groups in total. The largest absolute Gasteiger partial charge is 0.316 e. The van der Waals surface area contributed by atoms with Gasteiger partial charge in [0.15, 0.2) is 0 Å². The summed E-state index contributed by atoms with van der Waals surface area (Å²) in [4.78, 5) is 2.06. The normalized spacial score (nSPS) is 24.3. The van der Waals surface area contributed by atoms with Crippen LogP contribution in [0.2, 0.25) is 9.63 Å². The summed E-state index contributed by atoms with van der Waals surface area (Å²) in [6, 6.07) is 0. The van der Waals surface area contributed by atoms with Gasteiger partial charge in [0.25, 0.3) is 0 Å². The van der Waals surface area contributed by atoms with Crippen molar-refractivity contribution in [1.82, 2.24) is 0 Å². The second kappa shape index (κ2) is 9.59. The van der Waals surface area contributed by atoms with E-state index in [-0.39, 0.29) is 35.5 Å². The molecule has 2 aliphatic carbocycles. The predicted octanol–water partition coefficient (Wildman–Crippen LogP) is 4.08. The SMILES string of the molecule is C1CC[CH]([Cu][CH]2CCCCC2)CC1.Cl.[MgH2]. The van der Waals surface area contributed by atoms with Gasteiger partial charge < -0.3 is 0 Å². The van der Waals surface area contributed by atoms with E-state index in [1.165, 1.54) is 64.2 Å². The van der Waals surface area contributed by atoms with Gasteiger partial charge in [-0.15, -0.1) is 12.4 Å². The van der Waals surface area contributed by atoms with Crippen molar-refractivity contribution in [3.8, 4) is 0 Å². The Morgan fingerprint density at radius 3 is 1.27 bits per heavy atom. The Morgan fingerprint density at radius 1 is 0.600 bits per heavy atom. The van der Waals surface area contributed by atoms with E-state index in [1.807, 2.05) is 0 Å². The molecule has 0 bridgehead atoms. The Kier molecular flexibility index (Phi) is 10.6. The van der Waals surface area contributed by atoms with E-state index in [0.29, 0.717) is 0 Å². The Morgan fingerprint density at radius 2 is 0.933 bits per heavy atom. The average molecular weight is 293 g/mol. The van der Waals surface area contributed by atoms with E-state index in [2.05, 4.69) is 15.0 Å². The van der Waals surface area contributed by atoms with E-state index in [9.17, 15) is 0 Å². The molecule has 0 amide bonds. The molecule has 0 nitrogen and oxygen atoms in total. The standard InChI is InChI=1S/2C6H11.ClH.Cu.Mg.2H/c2*1-2-4-6-5-3-1;;;;;/h2*1H,2-6H2;1H;;;;.